The largest absolute Gasteiger partial charge is 0.394 e. The third-order valence-electron chi connectivity index (χ3n) is 3.15. The van der Waals surface area contributed by atoms with Crippen LogP contribution in [-0.4, -0.2) is 51.0 Å². The van der Waals surface area contributed by atoms with Crippen LogP contribution in [0.15, 0.2) is 6.20 Å². The van der Waals surface area contributed by atoms with Crippen LogP contribution < -0.4 is 0 Å². The first kappa shape index (κ1) is 13.8. The highest BCUT2D eigenvalue weighted by Gasteiger charge is 2.33. The lowest BCUT2D eigenvalue weighted by atomic mass is 10.1. The first-order chi connectivity index (χ1) is 8.41. The Bertz CT molecular complexity index is 419. The normalized spacial score (nSPS) is 24.4. The molecular formula is C12H20ClN3O2. The Hall–Kier alpha value is -0.620. The number of hydrogen-bond donors (Lipinski definition) is 1. The van der Waals surface area contributed by atoms with Crippen LogP contribution in [0.3, 0.4) is 0 Å². The van der Waals surface area contributed by atoms with Gasteiger partial charge in [0, 0.05) is 20.1 Å². The fourth-order valence-electron chi connectivity index (χ4n) is 2.40. The first-order valence-electron chi connectivity index (χ1n) is 6.08. The van der Waals surface area contributed by atoms with E-state index >= 15 is 0 Å². The van der Waals surface area contributed by atoms with Gasteiger partial charge in [-0.3, -0.25) is 4.90 Å². The van der Waals surface area contributed by atoms with E-state index in [4.69, 9.17) is 16.3 Å². The van der Waals surface area contributed by atoms with E-state index in [0.29, 0.717) is 18.2 Å². The Morgan fingerprint density at radius 2 is 2.33 bits per heavy atom. The smallest absolute Gasteiger partial charge is 0.128 e. The highest BCUT2D eigenvalue weighted by molar-refractivity contribution is 6.29. The third kappa shape index (κ3) is 3.03. The maximum Gasteiger partial charge on any atom is 0.128 e. The summed E-state index contributed by atoms with van der Waals surface area (Å²) in [4.78, 5) is 6.53. The van der Waals surface area contributed by atoms with Gasteiger partial charge in [-0.2, -0.15) is 0 Å². The molecule has 18 heavy (non-hydrogen) atoms. The van der Waals surface area contributed by atoms with Crippen molar-refractivity contribution in [1.29, 1.82) is 0 Å². The standard InChI is InChI=1S/C12H20ClN3O2/c1-12(2)8-16(5-9(7-17)18-12)6-11-14-4-10(13)15(11)3/h4,9,17H,5-8H2,1-3H3. The number of aliphatic hydroxyl groups is 1. The van der Waals surface area contributed by atoms with Crippen molar-refractivity contribution in [2.75, 3.05) is 19.7 Å². The Labute approximate surface area is 112 Å². The lowest BCUT2D eigenvalue weighted by Gasteiger charge is -2.42. The van der Waals surface area contributed by atoms with Gasteiger partial charge in [0.1, 0.15) is 11.0 Å². The van der Waals surface area contributed by atoms with Gasteiger partial charge in [-0.15, -0.1) is 0 Å². The number of hydrogen-bond acceptors (Lipinski definition) is 4. The molecule has 102 valence electrons. The molecule has 0 spiro atoms. The average molecular weight is 274 g/mol. The van der Waals surface area contributed by atoms with E-state index in [1.54, 1.807) is 6.20 Å². The maximum atomic E-state index is 9.27. The molecule has 0 amide bonds. The van der Waals surface area contributed by atoms with Gasteiger partial charge in [0.2, 0.25) is 0 Å². The average Bonchev–Trinajstić information content (AvgIpc) is 2.59. The molecule has 1 aromatic heterocycles. The van der Waals surface area contributed by atoms with E-state index in [1.165, 1.54) is 0 Å². The summed E-state index contributed by atoms with van der Waals surface area (Å²) in [5.41, 5.74) is -0.249. The first-order valence-corrected chi connectivity index (χ1v) is 6.46. The van der Waals surface area contributed by atoms with Crippen LogP contribution in [-0.2, 0) is 18.3 Å². The maximum absolute atomic E-state index is 9.27. The summed E-state index contributed by atoms with van der Waals surface area (Å²) in [5.74, 6) is 0.925. The fourth-order valence-corrected chi connectivity index (χ4v) is 2.55. The van der Waals surface area contributed by atoms with Gasteiger partial charge in [0.25, 0.3) is 0 Å². The van der Waals surface area contributed by atoms with E-state index in [1.807, 2.05) is 25.5 Å². The van der Waals surface area contributed by atoms with Crippen LogP contribution in [0.4, 0.5) is 0 Å². The summed E-state index contributed by atoms with van der Waals surface area (Å²) in [7, 11) is 1.90. The van der Waals surface area contributed by atoms with Crippen LogP contribution in [0.5, 0.6) is 0 Å². The number of aromatic nitrogens is 2. The van der Waals surface area contributed by atoms with E-state index in [0.717, 1.165) is 12.4 Å². The van der Waals surface area contributed by atoms with Crippen molar-refractivity contribution in [3.05, 3.63) is 17.2 Å². The molecule has 0 bridgehead atoms. The van der Waals surface area contributed by atoms with Crippen molar-refractivity contribution < 1.29 is 9.84 Å². The lowest BCUT2D eigenvalue weighted by Crippen LogP contribution is -2.53. The highest BCUT2D eigenvalue weighted by atomic mass is 35.5. The number of morpholine rings is 1. The zero-order chi connectivity index (χ0) is 13.3. The monoisotopic (exact) mass is 273 g/mol. The number of aliphatic hydroxyl groups excluding tert-OH is 1. The van der Waals surface area contributed by atoms with Crippen molar-refractivity contribution in [1.82, 2.24) is 14.5 Å². The van der Waals surface area contributed by atoms with Crippen LogP contribution in [0.1, 0.15) is 19.7 Å². The molecule has 1 atom stereocenters. The second-order valence-corrected chi connectivity index (χ2v) is 5.80. The summed E-state index contributed by atoms with van der Waals surface area (Å²) < 4.78 is 7.65. The van der Waals surface area contributed by atoms with Gasteiger partial charge in [0.15, 0.2) is 0 Å². The molecule has 0 aromatic carbocycles. The molecule has 5 nitrogen and oxygen atoms in total. The van der Waals surface area contributed by atoms with Crippen molar-refractivity contribution in [2.45, 2.75) is 32.1 Å². The summed E-state index contributed by atoms with van der Waals surface area (Å²) >= 11 is 5.98. The van der Waals surface area contributed by atoms with Gasteiger partial charge in [-0.25, -0.2) is 4.98 Å². The molecule has 0 saturated carbocycles. The number of halogens is 1. The Morgan fingerprint density at radius 1 is 1.61 bits per heavy atom. The van der Waals surface area contributed by atoms with Gasteiger partial charge >= 0.3 is 0 Å². The van der Waals surface area contributed by atoms with Crippen molar-refractivity contribution in [3.63, 3.8) is 0 Å². The van der Waals surface area contributed by atoms with E-state index in [-0.39, 0.29) is 18.3 Å². The highest BCUT2D eigenvalue weighted by Crippen LogP contribution is 2.22. The predicted molar refractivity (Wildman–Crippen MR) is 69.5 cm³/mol. The number of nitrogens with zero attached hydrogens (tertiary/aromatic N) is 3. The minimum Gasteiger partial charge on any atom is -0.394 e. The molecule has 0 aliphatic carbocycles. The molecule has 0 radical (unpaired) electrons. The van der Waals surface area contributed by atoms with Gasteiger partial charge < -0.3 is 14.4 Å². The van der Waals surface area contributed by atoms with Crippen LogP contribution in [0.2, 0.25) is 5.15 Å². The molecule has 1 N–H and O–H groups in total. The molecule has 1 saturated heterocycles. The molecule has 1 fully saturated rings. The minimum atomic E-state index is -0.249. The molecular weight excluding hydrogens is 254 g/mol. The molecule has 1 aliphatic rings. The molecule has 6 heteroatoms. The van der Waals surface area contributed by atoms with E-state index in [2.05, 4.69) is 9.88 Å². The number of ether oxygens (including phenoxy) is 1. The summed E-state index contributed by atoms with van der Waals surface area (Å²) in [5, 5.41) is 9.91. The Balaban J connectivity index is 2.06. The summed E-state index contributed by atoms with van der Waals surface area (Å²) in [6, 6.07) is 0. The van der Waals surface area contributed by atoms with Gasteiger partial charge in [-0.1, -0.05) is 11.6 Å². The minimum absolute atomic E-state index is 0.0429. The quantitative estimate of drug-likeness (QED) is 0.894. The number of imidazole rings is 1. The van der Waals surface area contributed by atoms with Crippen LogP contribution >= 0.6 is 11.6 Å². The van der Waals surface area contributed by atoms with E-state index in [9.17, 15) is 5.11 Å². The summed E-state index contributed by atoms with van der Waals surface area (Å²) in [6.45, 7) is 6.35. The van der Waals surface area contributed by atoms with Gasteiger partial charge in [0.05, 0.1) is 31.1 Å². The second-order valence-electron chi connectivity index (χ2n) is 5.41. The number of rotatable bonds is 3. The molecule has 1 unspecified atom stereocenters. The molecule has 2 heterocycles. The van der Waals surface area contributed by atoms with Crippen LogP contribution in [0.25, 0.3) is 0 Å². The van der Waals surface area contributed by atoms with E-state index < -0.39 is 0 Å². The molecule has 1 aliphatic heterocycles. The Kier molecular flexibility index (Phi) is 3.96. The van der Waals surface area contributed by atoms with Crippen molar-refractivity contribution in [3.8, 4) is 0 Å². The zero-order valence-electron chi connectivity index (χ0n) is 11.1. The Morgan fingerprint density at radius 3 is 2.89 bits per heavy atom. The van der Waals surface area contributed by atoms with Crippen LogP contribution in [0, 0.1) is 0 Å². The topological polar surface area (TPSA) is 50.5 Å². The zero-order valence-corrected chi connectivity index (χ0v) is 11.8. The third-order valence-corrected chi connectivity index (χ3v) is 3.50. The fraction of sp³-hybridized carbons (Fsp3) is 0.750. The lowest BCUT2D eigenvalue weighted by molar-refractivity contribution is -0.151. The predicted octanol–water partition coefficient (Wildman–Crippen LogP) is 1.05. The van der Waals surface area contributed by atoms with Crippen molar-refractivity contribution in [2.24, 2.45) is 7.05 Å². The summed E-state index contributed by atoms with van der Waals surface area (Å²) in [6.07, 6.45) is 1.52. The van der Waals surface area contributed by atoms with Gasteiger partial charge in [-0.05, 0) is 13.8 Å². The molecule has 2 rings (SSSR count). The second kappa shape index (κ2) is 5.17. The molecule has 1 aromatic rings. The SMILES string of the molecule is Cn1c(Cl)cnc1CN1CC(CO)OC(C)(C)C1. The van der Waals surface area contributed by atoms with Crippen molar-refractivity contribution >= 4 is 11.6 Å².